The average Bonchev–Trinajstić information content (AvgIpc) is 3.36. The number of benzene rings is 2. The second-order valence-corrected chi connectivity index (χ2v) is 8.88. The molecule has 4 rings (SSSR count). The molecule has 34 heavy (non-hydrogen) atoms. The highest BCUT2D eigenvalue weighted by Gasteiger charge is 2.21. The molecule has 7 heteroatoms. The Morgan fingerprint density at radius 3 is 2.35 bits per heavy atom. The molecule has 0 atom stereocenters. The molecule has 2 aromatic heterocycles. The lowest BCUT2D eigenvalue weighted by molar-refractivity contribution is -0.123. The van der Waals surface area contributed by atoms with E-state index in [9.17, 15) is 14.4 Å². The Morgan fingerprint density at radius 2 is 1.68 bits per heavy atom. The van der Waals surface area contributed by atoms with Crippen molar-refractivity contribution in [3.8, 4) is 0 Å². The maximum atomic E-state index is 12.6. The number of hydrogen-bond donors (Lipinski definition) is 1. The Bertz CT molecular complexity index is 1400. The van der Waals surface area contributed by atoms with Crippen molar-refractivity contribution in [2.45, 2.75) is 20.8 Å². The third kappa shape index (κ3) is 5.15. The number of hydrogen-bond acceptors (Lipinski definition) is 5. The van der Waals surface area contributed by atoms with E-state index in [1.54, 1.807) is 42.6 Å². The monoisotopic (exact) mass is 452 g/mol. The fraction of sp³-hybridized carbons (Fsp3) is 0.148. The van der Waals surface area contributed by atoms with Gasteiger partial charge >= 0.3 is 0 Å². The molecular formula is C27H24N4O3. The molecule has 1 amide bonds. The summed E-state index contributed by atoms with van der Waals surface area (Å²) in [6.07, 6.45) is 6.21. The Labute approximate surface area is 197 Å². The Kier molecular flexibility index (Phi) is 6.19. The van der Waals surface area contributed by atoms with E-state index in [1.807, 2.05) is 51.1 Å². The van der Waals surface area contributed by atoms with E-state index >= 15 is 0 Å². The van der Waals surface area contributed by atoms with E-state index in [0.29, 0.717) is 22.5 Å². The first kappa shape index (κ1) is 22.8. The third-order valence-corrected chi connectivity index (χ3v) is 5.18. The molecule has 0 spiro atoms. The van der Waals surface area contributed by atoms with Crippen LogP contribution in [0.4, 0.5) is 5.69 Å². The number of nitrogens with zero attached hydrogens (tertiary/aromatic N) is 3. The number of ketones is 1. The van der Waals surface area contributed by atoms with Crippen LogP contribution >= 0.6 is 0 Å². The minimum Gasteiger partial charge on any atom is -0.326 e. The lowest BCUT2D eigenvalue weighted by Crippen LogP contribution is -2.27. The van der Waals surface area contributed by atoms with Crippen molar-refractivity contribution in [3.63, 3.8) is 0 Å². The number of carbonyl (C=O) groups excluding carboxylic acids is 3. The normalized spacial score (nSPS) is 11.6. The highest BCUT2D eigenvalue weighted by molar-refractivity contribution is 6.07. The number of allylic oxidation sites excluding steroid dienone is 1. The van der Waals surface area contributed by atoms with Gasteiger partial charge in [-0.05, 0) is 54.6 Å². The second kappa shape index (κ2) is 9.23. The third-order valence-electron chi connectivity index (χ3n) is 5.18. The topological polar surface area (TPSA) is 94.0 Å². The molecule has 7 nitrogen and oxygen atoms in total. The van der Waals surface area contributed by atoms with Gasteiger partial charge in [0, 0.05) is 40.0 Å². The Balaban J connectivity index is 1.45. The number of pyridine rings is 1. The standard InChI is InChI=1S/C27H24N4O3/c1-27(2,3)26(34)30-22-11-13-23-20(17-22)9-10-21(29-23)12-14-24(32)18-5-7-19(8-6-18)25(33)31-16-4-15-28-31/h4-17H,1-3H3,(H,30,34). The molecule has 0 saturated heterocycles. The summed E-state index contributed by atoms with van der Waals surface area (Å²) in [5, 5.41) is 7.72. The van der Waals surface area contributed by atoms with Crippen molar-refractivity contribution in [1.29, 1.82) is 0 Å². The summed E-state index contributed by atoms with van der Waals surface area (Å²) in [7, 11) is 0. The molecule has 0 radical (unpaired) electrons. The largest absolute Gasteiger partial charge is 0.326 e. The number of carbonyl (C=O) groups is 3. The lowest BCUT2D eigenvalue weighted by Gasteiger charge is -2.17. The van der Waals surface area contributed by atoms with E-state index in [2.05, 4.69) is 15.4 Å². The number of amides is 1. The zero-order valence-electron chi connectivity index (χ0n) is 19.1. The summed E-state index contributed by atoms with van der Waals surface area (Å²) in [6.45, 7) is 5.58. The zero-order chi connectivity index (χ0) is 24.3. The first-order valence-corrected chi connectivity index (χ1v) is 10.8. The van der Waals surface area contributed by atoms with Crippen LogP contribution in [-0.2, 0) is 4.79 Å². The van der Waals surface area contributed by atoms with Crippen LogP contribution in [0.3, 0.4) is 0 Å². The van der Waals surface area contributed by atoms with Gasteiger partial charge in [-0.1, -0.05) is 39.0 Å². The van der Waals surface area contributed by atoms with Crippen LogP contribution in [0.15, 0.2) is 79.1 Å². The van der Waals surface area contributed by atoms with E-state index in [0.717, 1.165) is 10.9 Å². The summed E-state index contributed by atoms with van der Waals surface area (Å²) in [6, 6.07) is 17.3. The number of aromatic nitrogens is 3. The van der Waals surface area contributed by atoms with Crippen LogP contribution in [0.2, 0.25) is 0 Å². The molecule has 0 unspecified atom stereocenters. The van der Waals surface area contributed by atoms with Crippen molar-refractivity contribution in [1.82, 2.24) is 14.8 Å². The molecule has 0 bridgehead atoms. The van der Waals surface area contributed by atoms with E-state index < -0.39 is 5.41 Å². The molecule has 2 aromatic carbocycles. The molecule has 170 valence electrons. The summed E-state index contributed by atoms with van der Waals surface area (Å²) in [4.78, 5) is 41.6. The Morgan fingerprint density at radius 1 is 0.941 bits per heavy atom. The summed E-state index contributed by atoms with van der Waals surface area (Å²) in [5.74, 6) is -0.516. The average molecular weight is 453 g/mol. The van der Waals surface area contributed by atoms with E-state index in [-0.39, 0.29) is 17.6 Å². The van der Waals surface area contributed by atoms with Gasteiger partial charge in [0.05, 0.1) is 11.2 Å². The highest BCUT2D eigenvalue weighted by atomic mass is 16.2. The molecule has 2 heterocycles. The van der Waals surface area contributed by atoms with Crippen molar-refractivity contribution in [2.24, 2.45) is 5.41 Å². The molecule has 4 aromatic rings. The molecule has 0 aliphatic heterocycles. The molecule has 0 saturated carbocycles. The second-order valence-electron chi connectivity index (χ2n) is 8.88. The predicted octanol–water partition coefficient (Wildman–Crippen LogP) is 5.00. The molecule has 0 aliphatic carbocycles. The lowest BCUT2D eigenvalue weighted by atomic mass is 9.95. The SMILES string of the molecule is CC(C)(C)C(=O)Nc1ccc2nc(C=CC(=O)c3ccc(C(=O)n4cccn4)cc3)ccc2c1. The number of nitrogens with one attached hydrogen (secondary N) is 1. The minimum atomic E-state index is -0.482. The maximum absolute atomic E-state index is 12.6. The van der Waals surface area contributed by atoms with Crippen molar-refractivity contribution >= 4 is 40.3 Å². The van der Waals surface area contributed by atoms with Crippen molar-refractivity contribution in [2.75, 3.05) is 5.32 Å². The first-order valence-electron chi connectivity index (χ1n) is 10.8. The van der Waals surface area contributed by atoms with Crippen LogP contribution in [-0.4, -0.2) is 32.4 Å². The number of rotatable bonds is 5. The van der Waals surface area contributed by atoms with Crippen LogP contribution in [0.25, 0.3) is 17.0 Å². The van der Waals surface area contributed by atoms with E-state index in [4.69, 9.17) is 0 Å². The quantitative estimate of drug-likeness (QED) is 0.340. The van der Waals surface area contributed by atoms with Crippen LogP contribution < -0.4 is 5.32 Å². The van der Waals surface area contributed by atoms with Gasteiger partial charge in [-0.2, -0.15) is 5.10 Å². The van der Waals surface area contributed by atoms with Crippen LogP contribution in [0, 0.1) is 5.41 Å². The summed E-state index contributed by atoms with van der Waals surface area (Å²) in [5.41, 5.74) is 2.53. The van der Waals surface area contributed by atoms with Gasteiger partial charge in [0.1, 0.15) is 0 Å². The van der Waals surface area contributed by atoms with Crippen LogP contribution in [0.5, 0.6) is 0 Å². The fourth-order valence-corrected chi connectivity index (χ4v) is 3.19. The number of anilines is 1. The first-order chi connectivity index (χ1) is 16.2. The minimum absolute atomic E-state index is 0.0586. The molecular weight excluding hydrogens is 428 g/mol. The van der Waals surface area contributed by atoms with Gasteiger partial charge in [0.25, 0.3) is 5.91 Å². The van der Waals surface area contributed by atoms with Gasteiger partial charge in [0.15, 0.2) is 5.78 Å². The number of fused-ring (bicyclic) bond motifs is 1. The van der Waals surface area contributed by atoms with Crippen molar-refractivity contribution < 1.29 is 14.4 Å². The highest BCUT2D eigenvalue weighted by Crippen LogP contribution is 2.22. The van der Waals surface area contributed by atoms with Gasteiger partial charge < -0.3 is 5.32 Å². The van der Waals surface area contributed by atoms with E-state index in [1.165, 1.54) is 17.0 Å². The molecule has 1 N–H and O–H groups in total. The maximum Gasteiger partial charge on any atom is 0.278 e. The molecule has 0 aliphatic rings. The van der Waals surface area contributed by atoms with Gasteiger partial charge in [-0.25, -0.2) is 9.67 Å². The van der Waals surface area contributed by atoms with Crippen LogP contribution in [0.1, 0.15) is 47.2 Å². The molecule has 0 fully saturated rings. The summed E-state index contributed by atoms with van der Waals surface area (Å²) >= 11 is 0. The van der Waals surface area contributed by atoms with Crippen molar-refractivity contribution in [3.05, 3.63) is 96.0 Å². The Hall–Kier alpha value is -4.39. The smallest absolute Gasteiger partial charge is 0.278 e. The van der Waals surface area contributed by atoms with Gasteiger partial charge in [0.2, 0.25) is 5.91 Å². The predicted molar refractivity (Wildman–Crippen MR) is 132 cm³/mol. The van der Waals surface area contributed by atoms with Gasteiger partial charge in [-0.3, -0.25) is 14.4 Å². The summed E-state index contributed by atoms with van der Waals surface area (Å²) < 4.78 is 1.24. The zero-order valence-corrected chi connectivity index (χ0v) is 19.1. The van der Waals surface area contributed by atoms with Gasteiger partial charge in [-0.15, -0.1) is 0 Å². The fourth-order valence-electron chi connectivity index (χ4n) is 3.19.